The van der Waals surface area contributed by atoms with Gasteiger partial charge in [0.1, 0.15) is 0 Å². The number of carbonyl (C=O) groups is 2. The fraction of sp³-hybridized carbons (Fsp3) is 0.855. The molecule has 1 amide bonds. The highest BCUT2D eigenvalue weighted by atomic mass is 16.5. The summed E-state index contributed by atoms with van der Waals surface area (Å²) in [6, 6.07) is -0.627. The van der Waals surface area contributed by atoms with Gasteiger partial charge in [-0.2, -0.15) is 0 Å². The molecular formula is C83H155NO5. The number of carbonyl (C=O) groups excluding carboxylic acids is 2. The fourth-order valence-corrected chi connectivity index (χ4v) is 12.4. The number of hydrogen-bond acceptors (Lipinski definition) is 5. The van der Waals surface area contributed by atoms with Gasteiger partial charge in [-0.1, -0.05) is 383 Å². The van der Waals surface area contributed by atoms with E-state index in [1.165, 1.54) is 347 Å². The highest BCUT2D eigenvalue weighted by molar-refractivity contribution is 5.76. The molecule has 0 rings (SSSR count). The largest absolute Gasteiger partial charge is 0.466 e. The van der Waals surface area contributed by atoms with E-state index in [4.69, 9.17) is 4.74 Å². The molecule has 0 aliphatic heterocycles. The number of rotatable bonds is 75. The second-order valence-corrected chi connectivity index (χ2v) is 27.4. The minimum atomic E-state index is -0.844. The summed E-state index contributed by atoms with van der Waals surface area (Å²) in [4.78, 5) is 24.6. The van der Waals surface area contributed by atoms with Gasteiger partial charge in [0, 0.05) is 12.8 Å². The van der Waals surface area contributed by atoms with Gasteiger partial charge in [0.15, 0.2) is 0 Å². The Bertz CT molecular complexity index is 1530. The zero-order chi connectivity index (χ0) is 64.2. The smallest absolute Gasteiger partial charge is 0.305 e. The van der Waals surface area contributed by atoms with Crippen LogP contribution in [0, 0.1) is 0 Å². The van der Waals surface area contributed by atoms with Crippen LogP contribution in [0.1, 0.15) is 431 Å². The van der Waals surface area contributed by atoms with E-state index in [2.05, 4.69) is 67.8 Å². The minimum absolute atomic E-state index is 0.0110. The van der Waals surface area contributed by atoms with E-state index in [0.717, 1.165) is 57.8 Å². The number of nitrogens with one attached hydrogen (secondary N) is 1. The molecule has 0 aliphatic carbocycles. The number of aliphatic hydroxyl groups is 2. The monoisotopic (exact) mass is 1250 g/mol. The summed E-state index contributed by atoms with van der Waals surface area (Å²) in [5, 5.41) is 23.2. The Kier molecular flexibility index (Phi) is 75.9. The van der Waals surface area contributed by atoms with E-state index in [1.807, 2.05) is 6.08 Å². The standard InChI is InChI=1S/C83H155NO5/c1-3-5-7-9-11-13-15-17-19-21-44-47-51-55-59-63-67-71-75-81(86)80(79-85)84-82(87)76-72-68-64-60-56-52-48-45-41-39-37-35-33-31-29-27-25-23-22-24-26-28-30-32-34-36-38-40-42-46-50-54-58-62-66-70-74-78-89-83(88)77-73-69-65-61-57-53-49-43-20-18-16-14-12-10-8-6-4-2/h12,14,18,20,22,24,28,30,71,75,80-81,85-86H,3-11,13,15-17,19,21,23,25-27,29,31-70,72-74,76-79H2,1-2H3,(H,84,87)/b14-12-,20-18-,24-22-,30-28-,75-71+. The Labute approximate surface area is 556 Å². The lowest BCUT2D eigenvalue weighted by Crippen LogP contribution is -2.45. The van der Waals surface area contributed by atoms with E-state index in [9.17, 15) is 19.8 Å². The van der Waals surface area contributed by atoms with Crippen molar-refractivity contribution < 1.29 is 24.5 Å². The van der Waals surface area contributed by atoms with E-state index in [0.29, 0.717) is 19.4 Å². The molecule has 0 aromatic rings. The zero-order valence-corrected chi connectivity index (χ0v) is 59.9. The summed E-state index contributed by atoms with van der Waals surface area (Å²) < 4.78 is 5.50. The predicted octanol–water partition coefficient (Wildman–Crippen LogP) is 26.5. The third-order valence-corrected chi connectivity index (χ3v) is 18.5. The molecule has 0 saturated carbocycles. The van der Waals surface area contributed by atoms with Gasteiger partial charge in [-0.05, 0) is 96.3 Å². The molecule has 0 aromatic carbocycles. The van der Waals surface area contributed by atoms with E-state index >= 15 is 0 Å². The minimum Gasteiger partial charge on any atom is -0.466 e. The van der Waals surface area contributed by atoms with Gasteiger partial charge in [-0.3, -0.25) is 9.59 Å². The SMILES string of the molecule is CCCCC/C=C\C/C=C\CCCCCCCCCC(=O)OCCCCCCCCCCCCCCC/C=C\C/C=C\CCCCCCCCCCCCCCCCCCCC(=O)NC(CO)C(O)/C=C/CCCCCCCCCCCCCCCCCC. The first-order valence-electron chi connectivity index (χ1n) is 40.1. The average Bonchev–Trinajstić information content (AvgIpc) is 3.68. The first kappa shape index (κ1) is 86.6. The second kappa shape index (κ2) is 78.0. The molecule has 6 heteroatoms. The Morgan fingerprint density at radius 1 is 0.315 bits per heavy atom. The van der Waals surface area contributed by atoms with Crippen molar-refractivity contribution >= 4 is 11.9 Å². The van der Waals surface area contributed by atoms with Crippen LogP contribution in [-0.4, -0.2) is 47.4 Å². The maximum atomic E-state index is 12.5. The summed E-state index contributed by atoms with van der Waals surface area (Å²) in [5.74, 6) is -0.0511. The van der Waals surface area contributed by atoms with Gasteiger partial charge in [-0.25, -0.2) is 0 Å². The van der Waals surface area contributed by atoms with Crippen molar-refractivity contribution in [2.24, 2.45) is 0 Å². The third kappa shape index (κ3) is 74.5. The van der Waals surface area contributed by atoms with Gasteiger partial charge in [0.25, 0.3) is 0 Å². The van der Waals surface area contributed by atoms with E-state index in [-0.39, 0.29) is 18.5 Å². The lowest BCUT2D eigenvalue weighted by atomic mass is 10.0. The topological polar surface area (TPSA) is 95.9 Å². The van der Waals surface area contributed by atoms with Crippen molar-refractivity contribution in [1.82, 2.24) is 5.32 Å². The number of unbranched alkanes of at least 4 members (excludes halogenated alkanes) is 56. The van der Waals surface area contributed by atoms with Gasteiger partial charge in [0.2, 0.25) is 5.91 Å². The fourth-order valence-electron chi connectivity index (χ4n) is 12.4. The summed E-state index contributed by atoms with van der Waals surface area (Å²) in [7, 11) is 0. The normalized spacial score (nSPS) is 12.8. The number of hydrogen-bond donors (Lipinski definition) is 3. The van der Waals surface area contributed by atoms with Crippen LogP contribution in [0.25, 0.3) is 0 Å². The molecule has 0 aliphatic rings. The molecular weight excluding hydrogens is 1090 g/mol. The zero-order valence-electron chi connectivity index (χ0n) is 59.9. The van der Waals surface area contributed by atoms with Crippen LogP contribution in [0.5, 0.6) is 0 Å². The maximum Gasteiger partial charge on any atom is 0.305 e. The molecule has 89 heavy (non-hydrogen) atoms. The second-order valence-electron chi connectivity index (χ2n) is 27.4. The van der Waals surface area contributed by atoms with Gasteiger partial charge < -0.3 is 20.3 Å². The third-order valence-electron chi connectivity index (χ3n) is 18.5. The lowest BCUT2D eigenvalue weighted by Gasteiger charge is -2.20. The molecule has 0 bridgehead atoms. The van der Waals surface area contributed by atoms with Crippen LogP contribution in [0.15, 0.2) is 60.8 Å². The van der Waals surface area contributed by atoms with Crippen molar-refractivity contribution in [3.63, 3.8) is 0 Å². The van der Waals surface area contributed by atoms with E-state index in [1.54, 1.807) is 6.08 Å². The maximum absolute atomic E-state index is 12.5. The number of allylic oxidation sites excluding steroid dienone is 9. The van der Waals surface area contributed by atoms with Crippen LogP contribution in [0.4, 0.5) is 0 Å². The first-order valence-corrected chi connectivity index (χ1v) is 40.1. The first-order chi connectivity index (χ1) is 44.0. The molecule has 6 nitrogen and oxygen atoms in total. The van der Waals surface area contributed by atoms with Crippen LogP contribution >= 0.6 is 0 Å². The van der Waals surface area contributed by atoms with Crippen LogP contribution < -0.4 is 5.32 Å². The van der Waals surface area contributed by atoms with Crippen molar-refractivity contribution in [2.75, 3.05) is 13.2 Å². The Morgan fingerprint density at radius 3 is 0.876 bits per heavy atom. The molecule has 0 heterocycles. The van der Waals surface area contributed by atoms with Gasteiger partial charge in [-0.15, -0.1) is 0 Å². The van der Waals surface area contributed by atoms with Crippen LogP contribution in [0.3, 0.4) is 0 Å². The highest BCUT2D eigenvalue weighted by Gasteiger charge is 2.18. The number of aliphatic hydroxyl groups excluding tert-OH is 2. The molecule has 2 atom stereocenters. The molecule has 0 radical (unpaired) electrons. The van der Waals surface area contributed by atoms with Crippen molar-refractivity contribution in [2.45, 2.75) is 443 Å². The Morgan fingerprint density at radius 2 is 0.562 bits per heavy atom. The highest BCUT2D eigenvalue weighted by Crippen LogP contribution is 2.19. The summed E-state index contributed by atoms with van der Waals surface area (Å²) in [6.07, 6.45) is 105. The molecule has 0 fully saturated rings. The predicted molar refractivity (Wildman–Crippen MR) is 393 cm³/mol. The quantitative estimate of drug-likeness (QED) is 0.0320. The van der Waals surface area contributed by atoms with Crippen molar-refractivity contribution in [1.29, 1.82) is 0 Å². The average molecular weight is 1250 g/mol. The molecule has 0 saturated heterocycles. The molecule has 522 valence electrons. The van der Waals surface area contributed by atoms with Gasteiger partial charge >= 0.3 is 5.97 Å². The molecule has 3 N–H and O–H groups in total. The number of amides is 1. The number of ether oxygens (including phenoxy) is 1. The number of esters is 1. The molecule has 2 unspecified atom stereocenters. The van der Waals surface area contributed by atoms with Crippen molar-refractivity contribution in [3.05, 3.63) is 60.8 Å². The summed E-state index contributed by atoms with van der Waals surface area (Å²) >= 11 is 0. The molecule has 0 aromatic heterocycles. The summed E-state index contributed by atoms with van der Waals surface area (Å²) in [5.41, 5.74) is 0. The van der Waals surface area contributed by atoms with Crippen LogP contribution in [-0.2, 0) is 14.3 Å². The van der Waals surface area contributed by atoms with Crippen molar-refractivity contribution in [3.8, 4) is 0 Å². The summed E-state index contributed by atoms with van der Waals surface area (Å²) in [6.45, 7) is 4.91. The Hall–Kier alpha value is -2.44. The van der Waals surface area contributed by atoms with Gasteiger partial charge in [0.05, 0.1) is 25.4 Å². The lowest BCUT2D eigenvalue weighted by molar-refractivity contribution is -0.143. The van der Waals surface area contributed by atoms with Crippen LogP contribution in [0.2, 0.25) is 0 Å². The molecule has 0 spiro atoms. The Balaban J connectivity index is 3.38. The van der Waals surface area contributed by atoms with E-state index < -0.39 is 12.1 Å².